The van der Waals surface area contributed by atoms with Gasteiger partial charge in [-0.25, -0.2) is 18.6 Å². The number of aromatic nitrogens is 6. The SMILES string of the molecule is Cn1c(=O)n(C)c2c(N3CC(C)(OS(C)(=O)=O)C3)cc(-n3c(C(C)(C)C)nc4cc(-c5cnn(CCOS(C)(=O)=O)c5)c(C(F)F)cc43)cc21. The molecule has 0 spiro atoms. The summed E-state index contributed by atoms with van der Waals surface area (Å²) in [5.74, 6) is 0.582. The molecule has 14 nitrogen and oxygen atoms in total. The highest BCUT2D eigenvalue weighted by molar-refractivity contribution is 7.86. The molecule has 0 radical (unpaired) electrons. The molecule has 6 rings (SSSR count). The van der Waals surface area contributed by atoms with E-state index in [-0.39, 0.29) is 43.1 Å². The van der Waals surface area contributed by atoms with Gasteiger partial charge in [0.1, 0.15) is 11.4 Å². The van der Waals surface area contributed by atoms with Crippen LogP contribution in [0, 0.1) is 0 Å². The minimum Gasteiger partial charge on any atom is -0.364 e. The minimum absolute atomic E-state index is 0.0888. The van der Waals surface area contributed by atoms with Crippen molar-refractivity contribution in [3.63, 3.8) is 0 Å². The Labute approximate surface area is 288 Å². The summed E-state index contributed by atoms with van der Waals surface area (Å²) in [5.41, 5.74) is 1.85. The Kier molecular flexibility index (Phi) is 8.56. The molecular formula is C32H39F2N7O7S2. The molecule has 4 heterocycles. The van der Waals surface area contributed by atoms with Gasteiger partial charge in [-0.05, 0) is 36.8 Å². The summed E-state index contributed by atoms with van der Waals surface area (Å²) in [6.07, 6.45) is 2.05. The maximum absolute atomic E-state index is 14.8. The largest absolute Gasteiger partial charge is 0.364 e. The molecule has 1 saturated heterocycles. The lowest BCUT2D eigenvalue weighted by Gasteiger charge is -2.48. The van der Waals surface area contributed by atoms with Gasteiger partial charge in [-0.1, -0.05) is 20.8 Å². The summed E-state index contributed by atoms with van der Waals surface area (Å²) in [6.45, 7) is 7.96. The number of benzene rings is 2. The number of hydrogen-bond donors (Lipinski definition) is 0. The molecule has 270 valence electrons. The molecule has 0 N–H and O–H groups in total. The van der Waals surface area contributed by atoms with Gasteiger partial charge in [0, 0.05) is 36.8 Å². The van der Waals surface area contributed by atoms with E-state index in [9.17, 15) is 30.4 Å². The molecule has 2 aromatic carbocycles. The Morgan fingerprint density at radius 3 is 2.26 bits per heavy atom. The molecule has 3 aromatic heterocycles. The molecule has 0 bridgehead atoms. The first-order chi connectivity index (χ1) is 23.1. The summed E-state index contributed by atoms with van der Waals surface area (Å²) < 4.78 is 92.7. The summed E-state index contributed by atoms with van der Waals surface area (Å²) in [4.78, 5) is 20.1. The summed E-state index contributed by atoms with van der Waals surface area (Å²) in [7, 11) is -4.07. The van der Waals surface area contributed by atoms with Crippen LogP contribution in [-0.4, -0.2) is 83.1 Å². The smallest absolute Gasteiger partial charge is 0.328 e. The molecule has 5 aromatic rings. The van der Waals surface area contributed by atoms with E-state index < -0.39 is 37.7 Å². The zero-order chi connectivity index (χ0) is 36.7. The molecule has 0 atom stereocenters. The van der Waals surface area contributed by atoms with Crippen molar-refractivity contribution >= 4 is 48.0 Å². The lowest BCUT2D eigenvalue weighted by Crippen LogP contribution is -2.62. The fourth-order valence-electron chi connectivity index (χ4n) is 6.57. The second kappa shape index (κ2) is 12.0. The van der Waals surface area contributed by atoms with Crippen LogP contribution in [0.1, 0.15) is 45.5 Å². The number of anilines is 1. The number of imidazole rings is 2. The Hall–Kier alpha value is -4.13. The molecular weight excluding hydrogens is 697 g/mol. The first-order valence-electron chi connectivity index (χ1n) is 15.6. The van der Waals surface area contributed by atoms with Gasteiger partial charge in [-0.3, -0.25) is 26.7 Å². The van der Waals surface area contributed by atoms with Gasteiger partial charge in [-0.15, -0.1) is 0 Å². The number of rotatable bonds is 10. The lowest BCUT2D eigenvalue weighted by atomic mass is 9.94. The molecule has 18 heteroatoms. The van der Waals surface area contributed by atoms with Gasteiger partial charge in [0.2, 0.25) is 0 Å². The van der Waals surface area contributed by atoms with Crippen molar-refractivity contribution in [1.29, 1.82) is 0 Å². The van der Waals surface area contributed by atoms with Crippen molar-refractivity contribution in [2.45, 2.75) is 51.7 Å². The molecule has 50 heavy (non-hydrogen) atoms. The van der Waals surface area contributed by atoms with Gasteiger partial charge in [0.05, 0.1) is 78.4 Å². The van der Waals surface area contributed by atoms with E-state index in [0.717, 1.165) is 12.5 Å². The number of fused-ring (bicyclic) bond motifs is 2. The van der Waals surface area contributed by atoms with E-state index in [2.05, 4.69) is 5.10 Å². The quantitative estimate of drug-likeness (QED) is 0.194. The lowest BCUT2D eigenvalue weighted by molar-refractivity contribution is 0.0668. The van der Waals surface area contributed by atoms with Crippen LogP contribution in [0.3, 0.4) is 0 Å². The van der Waals surface area contributed by atoms with Crippen LogP contribution in [0.25, 0.3) is 38.9 Å². The highest BCUT2D eigenvalue weighted by Crippen LogP contribution is 2.41. The first kappa shape index (κ1) is 35.7. The van der Waals surface area contributed by atoms with Gasteiger partial charge >= 0.3 is 5.69 Å². The normalized spacial score (nSPS) is 15.5. The Morgan fingerprint density at radius 1 is 0.980 bits per heavy atom. The van der Waals surface area contributed by atoms with E-state index in [4.69, 9.17) is 13.4 Å². The molecule has 0 amide bonds. The standard InChI is InChI=1S/C32H39F2N7O7S2/c1-31(2,3)29-36-23-13-21(19-15-35-40(16-19)9-10-47-49(7,43)44)22(28(33)34)14-24(23)41(29)20-11-25-27(38(6)30(42)37(25)5)26(12-20)39-17-32(4,18-39)48-50(8,45)46/h11-16,28H,9-10,17-18H2,1-8H3. The van der Waals surface area contributed by atoms with Crippen LogP contribution in [-0.2, 0) is 54.7 Å². The second-order valence-electron chi connectivity index (χ2n) is 14.1. The third-order valence-corrected chi connectivity index (χ3v) is 9.92. The van der Waals surface area contributed by atoms with Crippen molar-refractivity contribution in [2.24, 2.45) is 14.1 Å². The predicted molar refractivity (Wildman–Crippen MR) is 185 cm³/mol. The van der Waals surface area contributed by atoms with Gasteiger partial charge in [-0.2, -0.15) is 21.9 Å². The zero-order valence-electron chi connectivity index (χ0n) is 28.9. The number of hydrogen-bond acceptors (Lipinski definition) is 10. The average Bonchev–Trinajstić information content (AvgIpc) is 3.65. The average molecular weight is 736 g/mol. The number of aryl methyl sites for hydroxylation is 2. The zero-order valence-corrected chi connectivity index (χ0v) is 30.6. The third kappa shape index (κ3) is 6.68. The van der Waals surface area contributed by atoms with Crippen LogP contribution < -0.4 is 10.6 Å². The monoisotopic (exact) mass is 735 g/mol. The van der Waals surface area contributed by atoms with Crippen molar-refractivity contribution in [3.05, 3.63) is 58.5 Å². The fraction of sp³-hybridized carbons (Fsp3) is 0.469. The summed E-state index contributed by atoms with van der Waals surface area (Å²) in [6, 6.07) is 6.69. The van der Waals surface area contributed by atoms with Gasteiger partial charge in [0.25, 0.3) is 26.7 Å². The van der Waals surface area contributed by atoms with Crippen LogP contribution in [0.2, 0.25) is 0 Å². The molecule has 1 fully saturated rings. The Morgan fingerprint density at radius 2 is 1.66 bits per heavy atom. The topological polar surface area (TPSA) is 153 Å². The number of nitrogens with zero attached hydrogens (tertiary/aromatic N) is 7. The van der Waals surface area contributed by atoms with E-state index >= 15 is 0 Å². The van der Waals surface area contributed by atoms with E-state index in [1.165, 1.54) is 26.1 Å². The molecule has 0 unspecified atom stereocenters. The summed E-state index contributed by atoms with van der Waals surface area (Å²) >= 11 is 0. The van der Waals surface area contributed by atoms with Crippen molar-refractivity contribution in [1.82, 2.24) is 28.5 Å². The maximum atomic E-state index is 14.8. The van der Waals surface area contributed by atoms with E-state index in [0.29, 0.717) is 44.8 Å². The van der Waals surface area contributed by atoms with Gasteiger partial charge in [0.15, 0.2) is 0 Å². The minimum atomic E-state index is -3.73. The van der Waals surface area contributed by atoms with E-state index in [1.54, 1.807) is 33.3 Å². The van der Waals surface area contributed by atoms with E-state index in [1.807, 2.05) is 42.4 Å². The fourth-order valence-corrected chi connectivity index (χ4v) is 7.79. The van der Waals surface area contributed by atoms with Crippen molar-refractivity contribution in [3.8, 4) is 16.8 Å². The predicted octanol–water partition coefficient (Wildman–Crippen LogP) is 3.85. The molecule has 1 aliphatic rings. The molecule has 0 saturated carbocycles. The Bertz CT molecular complexity index is 2430. The molecule has 1 aliphatic heterocycles. The number of alkyl halides is 2. The van der Waals surface area contributed by atoms with Crippen LogP contribution >= 0.6 is 0 Å². The van der Waals surface area contributed by atoms with Gasteiger partial charge < -0.3 is 4.90 Å². The molecule has 0 aliphatic carbocycles. The van der Waals surface area contributed by atoms with Crippen LogP contribution in [0.15, 0.2) is 41.5 Å². The number of halogens is 2. The van der Waals surface area contributed by atoms with Crippen molar-refractivity contribution in [2.75, 3.05) is 37.1 Å². The van der Waals surface area contributed by atoms with Crippen molar-refractivity contribution < 1.29 is 34.0 Å². The Balaban J connectivity index is 1.52. The third-order valence-electron chi connectivity index (χ3n) is 8.62. The highest BCUT2D eigenvalue weighted by Gasteiger charge is 2.44. The van der Waals surface area contributed by atoms with Crippen LogP contribution in [0.4, 0.5) is 14.5 Å². The maximum Gasteiger partial charge on any atom is 0.328 e. The highest BCUT2D eigenvalue weighted by atomic mass is 32.2. The summed E-state index contributed by atoms with van der Waals surface area (Å²) in [5, 5.41) is 4.21. The second-order valence-corrected chi connectivity index (χ2v) is 17.3. The van der Waals surface area contributed by atoms with Crippen LogP contribution in [0.5, 0.6) is 0 Å². The first-order valence-corrected chi connectivity index (χ1v) is 19.3.